The van der Waals surface area contributed by atoms with Crippen LogP contribution in [0.5, 0.6) is 5.75 Å². The Labute approximate surface area is 118 Å². The van der Waals surface area contributed by atoms with Crippen LogP contribution in [0.2, 0.25) is 0 Å². The number of methoxy groups -OCH3 is 1. The minimum Gasteiger partial charge on any atom is -0.496 e. The summed E-state index contributed by atoms with van der Waals surface area (Å²) >= 11 is 1.62. The van der Waals surface area contributed by atoms with E-state index in [9.17, 15) is 0 Å². The first kappa shape index (κ1) is 13.9. The van der Waals surface area contributed by atoms with Crippen LogP contribution in [-0.4, -0.2) is 19.1 Å². The highest BCUT2D eigenvalue weighted by Gasteiger charge is 2.08. The number of pyridine rings is 1. The second-order valence-corrected chi connectivity index (χ2v) is 5.25. The molecule has 1 N–H and O–H groups in total. The van der Waals surface area contributed by atoms with Crippen LogP contribution in [-0.2, 0) is 0 Å². The van der Waals surface area contributed by atoms with Gasteiger partial charge in [-0.15, -0.1) is 0 Å². The van der Waals surface area contributed by atoms with Crippen molar-refractivity contribution in [3.8, 4) is 5.75 Å². The van der Waals surface area contributed by atoms with Gasteiger partial charge < -0.3 is 10.1 Å². The van der Waals surface area contributed by atoms with Crippen molar-refractivity contribution in [2.24, 2.45) is 0 Å². The number of hydrogen-bond acceptors (Lipinski definition) is 4. The fourth-order valence-corrected chi connectivity index (χ4v) is 2.66. The highest BCUT2D eigenvalue weighted by Crippen LogP contribution is 2.34. The van der Waals surface area contributed by atoms with Gasteiger partial charge in [-0.25, -0.2) is 4.98 Å². The second-order valence-electron chi connectivity index (χ2n) is 4.19. The van der Waals surface area contributed by atoms with Gasteiger partial charge >= 0.3 is 0 Å². The van der Waals surface area contributed by atoms with E-state index < -0.39 is 0 Å². The molecule has 0 bridgehead atoms. The summed E-state index contributed by atoms with van der Waals surface area (Å²) in [6.45, 7) is 2.13. The van der Waals surface area contributed by atoms with E-state index >= 15 is 0 Å². The molecule has 1 aromatic heterocycles. The summed E-state index contributed by atoms with van der Waals surface area (Å²) in [5.74, 6) is 0.876. The van der Waals surface area contributed by atoms with Crippen molar-refractivity contribution in [1.82, 2.24) is 10.3 Å². The minimum absolute atomic E-state index is 0.319. The molecule has 0 aliphatic heterocycles. The van der Waals surface area contributed by atoms with Crippen molar-refractivity contribution in [3.05, 3.63) is 48.2 Å². The maximum atomic E-state index is 5.36. The summed E-state index contributed by atoms with van der Waals surface area (Å²) in [6.07, 6.45) is 1.85. The lowest BCUT2D eigenvalue weighted by Crippen LogP contribution is -2.12. The van der Waals surface area contributed by atoms with Gasteiger partial charge in [-0.1, -0.05) is 23.9 Å². The van der Waals surface area contributed by atoms with Gasteiger partial charge in [0.2, 0.25) is 0 Å². The Hall–Kier alpha value is -1.52. The largest absolute Gasteiger partial charge is 0.496 e. The predicted octanol–water partition coefficient (Wildman–Crippen LogP) is 3.52. The number of hydrogen-bond donors (Lipinski definition) is 1. The molecule has 0 saturated heterocycles. The highest BCUT2D eigenvalue weighted by atomic mass is 32.2. The number of benzene rings is 1. The van der Waals surface area contributed by atoms with Gasteiger partial charge in [-0.2, -0.15) is 0 Å². The van der Waals surface area contributed by atoms with Gasteiger partial charge in [0, 0.05) is 12.2 Å². The fraction of sp³-hybridized carbons (Fsp3) is 0.267. The lowest BCUT2D eigenvalue weighted by Gasteiger charge is -2.12. The third kappa shape index (κ3) is 3.49. The van der Waals surface area contributed by atoms with E-state index in [0.29, 0.717) is 6.04 Å². The zero-order chi connectivity index (χ0) is 13.7. The Morgan fingerprint density at radius 1 is 1.26 bits per heavy atom. The van der Waals surface area contributed by atoms with E-state index in [1.807, 2.05) is 43.6 Å². The number of nitrogens with zero attached hydrogens (tertiary/aromatic N) is 1. The molecule has 19 heavy (non-hydrogen) atoms. The van der Waals surface area contributed by atoms with Gasteiger partial charge in [0.05, 0.1) is 12.0 Å². The van der Waals surface area contributed by atoms with Crippen molar-refractivity contribution in [3.63, 3.8) is 0 Å². The van der Waals surface area contributed by atoms with Gasteiger partial charge in [0.25, 0.3) is 0 Å². The molecule has 0 radical (unpaired) electrons. The summed E-state index contributed by atoms with van der Waals surface area (Å²) in [7, 11) is 3.64. The standard InChI is InChI=1S/C15H18N2OS/c1-11(16-2)12-8-9-17-15(10-12)19-14-7-5-4-6-13(14)18-3/h4-11,16H,1-3H3. The Bertz CT molecular complexity index is 545. The number of aromatic nitrogens is 1. The highest BCUT2D eigenvalue weighted by molar-refractivity contribution is 7.99. The maximum Gasteiger partial charge on any atom is 0.132 e. The molecule has 0 saturated carbocycles. The molecular weight excluding hydrogens is 256 g/mol. The molecule has 4 heteroatoms. The normalized spacial score (nSPS) is 12.2. The smallest absolute Gasteiger partial charge is 0.132 e. The van der Waals surface area contributed by atoms with Crippen LogP contribution in [0, 0.1) is 0 Å². The minimum atomic E-state index is 0.319. The van der Waals surface area contributed by atoms with Crippen LogP contribution < -0.4 is 10.1 Å². The summed E-state index contributed by atoms with van der Waals surface area (Å²) in [5, 5.41) is 4.21. The molecular formula is C15H18N2OS. The Kier molecular flexibility index (Phi) is 4.82. The van der Waals surface area contributed by atoms with E-state index in [0.717, 1.165) is 15.7 Å². The number of ether oxygens (including phenoxy) is 1. The molecule has 1 unspecified atom stereocenters. The van der Waals surface area contributed by atoms with Crippen molar-refractivity contribution < 1.29 is 4.74 Å². The SMILES string of the molecule is CNC(C)c1ccnc(Sc2ccccc2OC)c1. The molecule has 0 aliphatic rings. The summed E-state index contributed by atoms with van der Waals surface area (Å²) in [4.78, 5) is 5.48. The van der Waals surface area contributed by atoms with Crippen molar-refractivity contribution in [2.45, 2.75) is 22.9 Å². The number of nitrogens with one attached hydrogen (secondary N) is 1. The summed E-state index contributed by atoms with van der Waals surface area (Å²) in [5.41, 5.74) is 1.23. The van der Waals surface area contributed by atoms with Crippen LogP contribution in [0.25, 0.3) is 0 Å². The fourth-order valence-electron chi connectivity index (χ4n) is 1.73. The molecule has 0 fully saturated rings. The molecule has 2 aromatic rings. The third-order valence-corrected chi connectivity index (χ3v) is 3.97. The van der Waals surface area contributed by atoms with E-state index in [-0.39, 0.29) is 0 Å². The number of rotatable bonds is 5. The number of para-hydroxylation sites is 1. The predicted molar refractivity (Wildman–Crippen MR) is 78.8 cm³/mol. The maximum absolute atomic E-state index is 5.36. The van der Waals surface area contributed by atoms with Crippen LogP contribution in [0.15, 0.2) is 52.5 Å². The van der Waals surface area contributed by atoms with E-state index in [1.54, 1.807) is 18.9 Å². The average molecular weight is 274 g/mol. The molecule has 1 atom stereocenters. The first-order valence-electron chi connectivity index (χ1n) is 6.18. The van der Waals surface area contributed by atoms with E-state index in [4.69, 9.17) is 4.74 Å². The molecule has 3 nitrogen and oxygen atoms in total. The zero-order valence-electron chi connectivity index (χ0n) is 11.4. The second kappa shape index (κ2) is 6.59. The molecule has 0 amide bonds. The molecule has 1 aromatic carbocycles. The van der Waals surface area contributed by atoms with Crippen LogP contribution in [0.3, 0.4) is 0 Å². The molecule has 1 heterocycles. The van der Waals surface area contributed by atoms with Gasteiger partial charge in [0.1, 0.15) is 10.8 Å². The van der Waals surface area contributed by atoms with Crippen LogP contribution in [0.4, 0.5) is 0 Å². The summed E-state index contributed by atoms with van der Waals surface area (Å²) < 4.78 is 5.36. The van der Waals surface area contributed by atoms with Crippen LogP contribution >= 0.6 is 11.8 Å². The van der Waals surface area contributed by atoms with E-state index in [2.05, 4.69) is 23.3 Å². The Morgan fingerprint density at radius 3 is 2.79 bits per heavy atom. The topological polar surface area (TPSA) is 34.2 Å². The lowest BCUT2D eigenvalue weighted by molar-refractivity contribution is 0.405. The van der Waals surface area contributed by atoms with Crippen molar-refractivity contribution in [1.29, 1.82) is 0 Å². The third-order valence-electron chi connectivity index (χ3n) is 2.98. The quantitative estimate of drug-likeness (QED) is 0.904. The average Bonchev–Trinajstić information content (AvgIpc) is 2.47. The van der Waals surface area contributed by atoms with Crippen molar-refractivity contribution >= 4 is 11.8 Å². The van der Waals surface area contributed by atoms with Gasteiger partial charge in [0.15, 0.2) is 0 Å². The monoisotopic (exact) mass is 274 g/mol. The molecule has 2 rings (SSSR count). The Balaban J connectivity index is 2.23. The first-order valence-corrected chi connectivity index (χ1v) is 7.00. The molecule has 0 spiro atoms. The summed E-state index contributed by atoms with van der Waals surface area (Å²) in [6, 6.07) is 12.4. The first-order chi connectivity index (χ1) is 9.24. The van der Waals surface area contributed by atoms with Crippen LogP contribution in [0.1, 0.15) is 18.5 Å². The van der Waals surface area contributed by atoms with E-state index in [1.165, 1.54) is 5.56 Å². The van der Waals surface area contributed by atoms with Gasteiger partial charge in [-0.05, 0) is 43.8 Å². The molecule has 100 valence electrons. The van der Waals surface area contributed by atoms with Gasteiger partial charge in [-0.3, -0.25) is 0 Å². The molecule has 0 aliphatic carbocycles. The Morgan fingerprint density at radius 2 is 2.05 bits per heavy atom. The zero-order valence-corrected chi connectivity index (χ0v) is 12.2. The van der Waals surface area contributed by atoms with Crippen molar-refractivity contribution in [2.75, 3.05) is 14.2 Å². The lowest BCUT2D eigenvalue weighted by atomic mass is 10.1.